The van der Waals surface area contributed by atoms with Crippen LogP contribution in [0.25, 0.3) is 0 Å². The second-order valence-corrected chi connectivity index (χ2v) is 14.8. The number of rotatable bonds is 19. The van der Waals surface area contributed by atoms with Crippen molar-refractivity contribution in [1.82, 2.24) is 20.2 Å². The summed E-state index contributed by atoms with van der Waals surface area (Å²) in [4.78, 5) is 71.0. The van der Waals surface area contributed by atoms with Crippen LogP contribution in [0.2, 0.25) is 0 Å². The molecule has 6 rings (SSSR count). The number of imide groups is 2. The van der Waals surface area contributed by atoms with Crippen molar-refractivity contribution in [3.63, 3.8) is 0 Å². The second-order valence-electron chi connectivity index (χ2n) is 14.8. The Balaban J connectivity index is 0.846. The summed E-state index contributed by atoms with van der Waals surface area (Å²) < 4.78 is 11.9. The van der Waals surface area contributed by atoms with Gasteiger partial charge in [0, 0.05) is 37.2 Å². The van der Waals surface area contributed by atoms with Crippen molar-refractivity contribution in [2.45, 2.75) is 96.6 Å². The summed E-state index contributed by atoms with van der Waals surface area (Å²) in [6.07, 6.45) is 9.22. The average Bonchev–Trinajstić information content (AvgIpc) is 3.45. The number of amides is 4. The molecule has 0 saturated carbocycles. The predicted octanol–water partition coefficient (Wildman–Crippen LogP) is 7.21. The van der Waals surface area contributed by atoms with Crippen LogP contribution in [-0.4, -0.2) is 63.5 Å². The third kappa shape index (κ3) is 9.47. The molecule has 1 saturated heterocycles. The molecule has 1 atom stereocenters. The van der Waals surface area contributed by atoms with Gasteiger partial charge in [0.2, 0.25) is 11.8 Å². The van der Waals surface area contributed by atoms with Gasteiger partial charge in [-0.15, -0.1) is 0 Å². The minimum absolute atomic E-state index is 0.0912. The first kappa shape index (κ1) is 39.8. The number of carbonyl (C=O) groups excluding carboxylic acids is 5. The van der Waals surface area contributed by atoms with Crippen molar-refractivity contribution in [3.8, 4) is 11.5 Å². The van der Waals surface area contributed by atoms with E-state index < -0.39 is 29.7 Å². The van der Waals surface area contributed by atoms with E-state index in [0.29, 0.717) is 30.1 Å². The van der Waals surface area contributed by atoms with Gasteiger partial charge in [-0.25, -0.2) is 9.97 Å². The number of nitrogens with zero attached hydrogens (tertiary/aromatic N) is 3. The van der Waals surface area contributed by atoms with Gasteiger partial charge >= 0.3 is 0 Å². The number of unbranched alkanes of at least 4 members (excludes halogenated alkanes) is 6. The van der Waals surface area contributed by atoms with Crippen molar-refractivity contribution in [1.29, 1.82) is 0 Å². The minimum Gasteiger partial charge on any atom is -0.494 e. The number of benzene rings is 3. The SMILES string of the molecule is CC(=O)c1nccc(COc2ccc(C(C)(C)c3ccc(OCCCCCCCCCNc4cccc5c4C(=O)N(C4CCC(=O)NC4=O)C5=O)cc3)cc2)n1. The van der Waals surface area contributed by atoms with Crippen LogP contribution in [0.15, 0.2) is 79.0 Å². The average molecular weight is 760 g/mol. The van der Waals surface area contributed by atoms with Gasteiger partial charge in [-0.3, -0.25) is 34.2 Å². The Labute approximate surface area is 327 Å². The highest BCUT2D eigenvalue weighted by Gasteiger charge is 2.45. The van der Waals surface area contributed by atoms with Gasteiger partial charge in [0.05, 0.1) is 23.4 Å². The largest absolute Gasteiger partial charge is 0.494 e. The molecule has 292 valence electrons. The molecule has 2 N–H and O–H groups in total. The molecular weight excluding hydrogens is 711 g/mol. The molecule has 2 aliphatic rings. The van der Waals surface area contributed by atoms with Crippen LogP contribution in [0, 0.1) is 0 Å². The Morgan fingerprint density at radius 2 is 1.46 bits per heavy atom. The Hall–Kier alpha value is -5.91. The number of fused-ring (bicyclic) bond motifs is 1. The fraction of sp³-hybridized carbons (Fsp3) is 0.386. The third-order valence-electron chi connectivity index (χ3n) is 10.4. The number of hydrogen-bond acceptors (Lipinski definition) is 10. The summed E-state index contributed by atoms with van der Waals surface area (Å²) in [6.45, 7) is 7.41. The first-order valence-electron chi connectivity index (χ1n) is 19.4. The van der Waals surface area contributed by atoms with E-state index in [0.717, 1.165) is 66.9 Å². The Bertz CT molecular complexity index is 2060. The molecule has 56 heavy (non-hydrogen) atoms. The van der Waals surface area contributed by atoms with Crippen molar-refractivity contribution in [2.24, 2.45) is 0 Å². The van der Waals surface area contributed by atoms with E-state index >= 15 is 0 Å². The molecule has 0 radical (unpaired) electrons. The fourth-order valence-electron chi connectivity index (χ4n) is 7.09. The molecule has 1 aromatic heterocycles. The van der Waals surface area contributed by atoms with Crippen molar-refractivity contribution >= 4 is 35.1 Å². The number of piperidine rings is 1. The number of ketones is 1. The molecule has 1 fully saturated rings. The van der Waals surface area contributed by atoms with Gasteiger partial charge in [0.15, 0.2) is 11.6 Å². The maximum Gasteiger partial charge on any atom is 0.264 e. The molecular formula is C44H49N5O7. The predicted molar refractivity (Wildman–Crippen MR) is 211 cm³/mol. The Morgan fingerprint density at radius 1 is 0.821 bits per heavy atom. The lowest BCUT2D eigenvalue weighted by atomic mass is 9.78. The van der Waals surface area contributed by atoms with Gasteiger partial charge in [0.1, 0.15) is 24.1 Å². The van der Waals surface area contributed by atoms with E-state index in [-0.39, 0.29) is 42.0 Å². The lowest BCUT2D eigenvalue weighted by Gasteiger charge is -2.27. The molecule has 4 amide bonds. The van der Waals surface area contributed by atoms with E-state index in [1.54, 1.807) is 30.5 Å². The number of aromatic nitrogens is 2. The smallest absolute Gasteiger partial charge is 0.264 e. The first-order valence-corrected chi connectivity index (χ1v) is 19.4. The van der Waals surface area contributed by atoms with Crippen molar-refractivity contribution in [2.75, 3.05) is 18.5 Å². The van der Waals surface area contributed by atoms with Gasteiger partial charge < -0.3 is 14.8 Å². The summed E-state index contributed by atoms with van der Waals surface area (Å²) in [7, 11) is 0. The highest BCUT2D eigenvalue weighted by molar-refractivity contribution is 6.25. The topological polar surface area (TPSA) is 157 Å². The Morgan fingerprint density at radius 3 is 2.12 bits per heavy atom. The van der Waals surface area contributed by atoms with E-state index in [4.69, 9.17) is 9.47 Å². The second kappa shape index (κ2) is 18.1. The maximum atomic E-state index is 13.3. The maximum absolute atomic E-state index is 13.3. The van der Waals surface area contributed by atoms with E-state index in [9.17, 15) is 24.0 Å². The summed E-state index contributed by atoms with van der Waals surface area (Å²) >= 11 is 0. The zero-order chi connectivity index (χ0) is 39.7. The quantitative estimate of drug-likeness (QED) is 0.0569. The molecule has 1 unspecified atom stereocenters. The number of ether oxygens (including phenoxy) is 2. The molecule has 3 heterocycles. The van der Waals surface area contributed by atoms with Crippen LogP contribution in [0.4, 0.5) is 5.69 Å². The van der Waals surface area contributed by atoms with Crippen molar-refractivity contribution in [3.05, 3.63) is 113 Å². The highest BCUT2D eigenvalue weighted by atomic mass is 16.5. The summed E-state index contributed by atoms with van der Waals surface area (Å²) in [5.74, 6) is -0.415. The monoisotopic (exact) mass is 759 g/mol. The van der Waals surface area contributed by atoms with Crippen LogP contribution in [0.5, 0.6) is 11.5 Å². The highest BCUT2D eigenvalue weighted by Crippen LogP contribution is 2.34. The third-order valence-corrected chi connectivity index (χ3v) is 10.4. The van der Waals surface area contributed by atoms with E-state index in [1.165, 1.54) is 12.5 Å². The number of anilines is 1. The zero-order valence-electron chi connectivity index (χ0n) is 32.3. The molecule has 12 heteroatoms. The number of carbonyl (C=O) groups is 5. The lowest BCUT2D eigenvalue weighted by molar-refractivity contribution is -0.136. The minimum atomic E-state index is -0.975. The van der Waals surface area contributed by atoms with Crippen LogP contribution < -0.4 is 20.1 Å². The van der Waals surface area contributed by atoms with Gasteiger partial charge in [-0.05, 0) is 72.9 Å². The normalized spacial score (nSPS) is 15.4. The molecule has 0 spiro atoms. The van der Waals surface area contributed by atoms with Gasteiger partial charge in [-0.1, -0.05) is 76.3 Å². The summed E-state index contributed by atoms with van der Waals surface area (Å²) in [5.41, 5.74) is 3.93. The zero-order valence-corrected chi connectivity index (χ0v) is 32.3. The molecule has 0 aliphatic carbocycles. The van der Waals surface area contributed by atoms with Crippen LogP contribution in [0.3, 0.4) is 0 Å². The van der Waals surface area contributed by atoms with Crippen LogP contribution in [0.1, 0.15) is 127 Å². The first-order chi connectivity index (χ1) is 27.0. The van der Waals surface area contributed by atoms with Gasteiger partial charge in [0.25, 0.3) is 11.8 Å². The van der Waals surface area contributed by atoms with Crippen LogP contribution >= 0.6 is 0 Å². The lowest BCUT2D eigenvalue weighted by Crippen LogP contribution is -2.54. The standard InChI is InChI=1S/C44H49N5O7/c1-29(50)40-46-26-24-32(47-40)28-56-34-20-16-31(17-21-34)44(2,3)30-14-18-33(19-15-30)55-27-10-8-6-4-5-7-9-25-45-36-13-11-12-35-39(36)43(54)49(42(35)53)37-22-23-38(51)48-41(37)52/h11-21,24,26,37,45H,4-10,22-23,25,27-28H2,1-3H3,(H,48,51,52). The van der Waals surface area contributed by atoms with Crippen LogP contribution in [-0.2, 0) is 21.6 Å². The molecule has 0 bridgehead atoms. The van der Waals surface area contributed by atoms with E-state index in [1.807, 2.05) is 24.3 Å². The Kier molecular flexibility index (Phi) is 12.9. The molecule has 12 nitrogen and oxygen atoms in total. The fourth-order valence-corrected chi connectivity index (χ4v) is 7.09. The van der Waals surface area contributed by atoms with Gasteiger partial charge in [-0.2, -0.15) is 0 Å². The van der Waals surface area contributed by atoms with E-state index in [2.05, 4.69) is 58.7 Å². The summed E-state index contributed by atoms with van der Waals surface area (Å²) in [5, 5.41) is 5.55. The number of hydrogen-bond donors (Lipinski definition) is 2. The molecule has 2 aliphatic heterocycles. The van der Waals surface area contributed by atoms with Crippen molar-refractivity contribution < 1.29 is 33.4 Å². The number of nitrogens with one attached hydrogen (secondary N) is 2. The molecule has 3 aromatic carbocycles. The number of Topliss-reactive ketones (excluding diaryl/α,β-unsaturated/α-hetero) is 1. The summed E-state index contributed by atoms with van der Waals surface area (Å²) in [6, 6.07) is 22.2. The molecule has 4 aromatic rings.